The van der Waals surface area contributed by atoms with Crippen molar-refractivity contribution in [2.45, 2.75) is 78.1 Å². The average Bonchev–Trinajstić information content (AvgIpc) is 2.91. The van der Waals surface area contributed by atoms with Crippen LogP contribution < -0.4 is 0 Å². The van der Waals surface area contributed by atoms with Gasteiger partial charge >= 0.3 is 0 Å². The minimum absolute atomic E-state index is 0.165. The summed E-state index contributed by atoms with van der Waals surface area (Å²) in [7, 11) is 0. The van der Waals surface area contributed by atoms with Crippen molar-refractivity contribution in [3.8, 4) is 33.4 Å². The van der Waals surface area contributed by atoms with Crippen molar-refractivity contribution in [2.75, 3.05) is 0 Å². The van der Waals surface area contributed by atoms with Crippen LogP contribution in [0.1, 0.15) is 77.3 Å². The van der Waals surface area contributed by atoms with Crippen LogP contribution in [0, 0.1) is 0 Å². The molecule has 36 heavy (non-hydrogen) atoms. The maximum absolute atomic E-state index is 2.36. The first-order valence-corrected chi connectivity index (χ1v) is 13.9. The quantitative estimate of drug-likeness (QED) is 0.200. The highest BCUT2D eigenvalue weighted by atomic mass is 14.2. The number of unbranched alkanes of at least 4 members (excludes halogenated alkanes) is 5. The van der Waals surface area contributed by atoms with Crippen molar-refractivity contribution in [1.82, 2.24) is 0 Å². The number of hydrogen-bond donors (Lipinski definition) is 0. The van der Waals surface area contributed by atoms with E-state index < -0.39 is 0 Å². The molecule has 0 atom stereocenters. The molecule has 0 heteroatoms. The van der Waals surface area contributed by atoms with Crippen LogP contribution in [0.5, 0.6) is 0 Å². The molecule has 0 aliphatic heterocycles. The number of rotatable bonds is 10. The van der Waals surface area contributed by atoms with E-state index in [2.05, 4.69) is 125 Å². The lowest BCUT2D eigenvalue weighted by Crippen LogP contribution is -2.10. The van der Waals surface area contributed by atoms with Crippen molar-refractivity contribution >= 4 is 0 Å². The molecule has 0 bridgehead atoms. The highest BCUT2D eigenvalue weighted by Crippen LogP contribution is 2.36. The number of aryl methyl sites for hydroxylation is 1. The third-order valence-electron chi connectivity index (χ3n) is 7.27. The SMILES string of the molecule is CCCCCCCCc1ccc(-c2ccc(-c3ccc(C(C)(C)C)cc3)cc2-c2ccccc2)cc1. The first kappa shape index (κ1) is 26.0. The highest BCUT2D eigenvalue weighted by molar-refractivity contribution is 5.87. The van der Waals surface area contributed by atoms with E-state index in [0.717, 1.165) is 0 Å². The van der Waals surface area contributed by atoms with Gasteiger partial charge < -0.3 is 0 Å². The summed E-state index contributed by atoms with van der Waals surface area (Å²) in [5, 5.41) is 0. The van der Waals surface area contributed by atoms with Crippen LogP contribution in [-0.4, -0.2) is 0 Å². The van der Waals surface area contributed by atoms with Crippen LogP contribution in [0.25, 0.3) is 33.4 Å². The third kappa shape index (κ3) is 6.76. The molecular formula is C36H42. The fourth-order valence-electron chi connectivity index (χ4n) is 4.96. The highest BCUT2D eigenvalue weighted by Gasteiger charge is 2.14. The summed E-state index contributed by atoms with van der Waals surface area (Å²) in [5.74, 6) is 0. The van der Waals surface area contributed by atoms with Gasteiger partial charge in [-0.05, 0) is 68.8 Å². The van der Waals surface area contributed by atoms with Crippen molar-refractivity contribution in [1.29, 1.82) is 0 Å². The molecule has 0 N–H and O–H groups in total. The van der Waals surface area contributed by atoms with Gasteiger partial charge in [0.25, 0.3) is 0 Å². The van der Waals surface area contributed by atoms with Crippen LogP contribution in [0.4, 0.5) is 0 Å². The molecule has 4 aromatic carbocycles. The Morgan fingerprint density at radius 1 is 0.500 bits per heavy atom. The Morgan fingerprint density at radius 3 is 1.75 bits per heavy atom. The fraction of sp³-hybridized carbons (Fsp3) is 0.333. The summed E-state index contributed by atoms with van der Waals surface area (Å²) >= 11 is 0. The van der Waals surface area contributed by atoms with Gasteiger partial charge in [0.15, 0.2) is 0 Å². The summed E-state index contributed by atoms with van der Waals surface area (Å²) in [6.45, 7) is 9.08. The molecule has 0 spiro atoms. The van der Waals surface area contributed by atoms with E-state index >= 15 is 0 Å². The first-order chi connectivity index (χ1) is 17.5. The Kier molecular flexibility index (Phi) is 8.81. The lowest BCUT2D eigenvalue weighted by molar-refractivity contribution is 0.590. The zero-order chi connectivity index (χ0) is 25.4. The standard InChI is InChI=1S/C36H42/c1-5-6-7-8-9-11-14-28-17-19-31(20-18-28)34-26-23-32(27-35(34)30-15-12-10-13-16-30)29-21-24-33(25-22-29)36(2,3)4/h10,12-13,15-27H,5-9,11,14H2,1-4H3. The summed E-state index contributed by atoms with van der Waals surface area (Å²) in [6, 6.07) is 36.1. The van der Waals surface area contributed by atoms with Gasteiger partial charge in [-0.3, -0.25) is 0 Å². The van der Waals surface area contributed by atoms with Crippen molar-refractivity contribution in [3.05, 3.63) is 108 Å². The van der Waals surface area contributed by atoms with Crippen molar-refractivity contribution < 1.29 is 0 Å². The summed E-state index contributed by atoms with van der Waals surface area (Å²) in [5.41, 5.74) is 10.6. The second kappa shape index (κ2) is 12.2. The second-order valence-electron chi connectivity index (χ2n) is 11.2. The largest absolute Gasteiger partial charge is 0.0654 e. The van der Waals surface area contributed by atoms with Crippen molar-refractivity contribution in [3.63, 3.8) is 0 Å². The van der Waals surface area contributed by atoms with Gasteiger partial charge in [0.1, 0.15) is 0 Å². The summed E-state index contributed by atoms with van der Waals surface area (Å²) in [6.07, 6.45) is 9.27. The van der Waals surface area contributed by atoms with E-state index in [1.807, 2.05) is 0 Å². The minimum atomic E-state index is 0.165. The van der Waals surface area contributed by atoms with Gasteiger partial charge in [0.2, 0.25) is 0 Å². The van der Waals surface area contributed by atoms with Gasteiger partial charge in [0, 0.05) is 0 Å². The van der Waals surface area contributed by atoms with Crippen molar-refractivity contribution in [2.24, 2.45) is 0 Å². The smallest absolute Gasteiger partial charge is 0.00992 e. The molecule has 0 fully saturated rings. The van der Waals surface area contributed by atoms with Crippen LogP contribution >= 0.6 is 0 Å². The van der Waals surface area contributed by atoms with E-state index in [9.17, 15) is 0 Å². The predicted octanol–water partition coefficient (Wildman–Crippen LogP) is 10.9. The van der Waals surface area contributed by atoms with Crippen LogP contribution in [-0.2, 0) is 11.8 Å². The molecule has 0 saturated carbocycles. The Balaban J connectivity index is 1.58. The molecule has 0 aromatic heterocycles. The molecule has 0 aliphatic rings. The minimum Gasteiger partial charge on any atom is -0.0654 e. The van der Waals surface area contributed by atoms with E-state index in [4.69, 9.17) is 0 Å². The Labute approximate surface area is 219 Å². The van der Waals surface area contributed by atoms with Crippen LogP contribution in [0.2, 0.25) is 0 Å². The van der Waals surface area contributed by atoms with E-state index in [0.29, 0.717) is 0 Å². The molecule has 0 radical (unpaired) electrons. The maximum Gasteiger partial charge on any atom is -0.00992 e. The Bertz CT molecular complexity index is 1210. The van der Waals surface area contributed by atoms with Gasteiger partial charge in [-0.15, -0.1) is 0 Å². The Morgan fingerprint density at radius 2 is 1.08 bits per heavy atom. The zero-order valence-corrected chi connectivity index (χ0v) is 22.7. The van der Waals surface area contributed by atoms with Gasteiger partial charge in [0.05, 0.1) is 0 Å². The second-order valence-corrected chi connectivity index (χ2v) is 11.2. The monoisotopic (exact) mass is 474 g/mol. The predicted molar refractivity (Wildman–Crippen MR) is 159 cm³/mol. The fourth-order valence-corrected chi connectivity index (χ4v) is 4.96. The van der Waals surface area contributed by atoms with Gasteiger partial charge in [-0.25, -0.2) is 0 Å². The zero-order valence-electron chi connectivity index (χ0n) is 22.7. The molecule has 4 aromatic rings. The lowest BCUT2D eigenvalue weighted by Gasteiger charge is -2.19. The molecule has 0 heterocycles. The topological polar surface area (TPSA) is 0 Å². The van der Waals surface area contributed by atoms with Gasteiger partial charge in [-0.2, -0.15) is 0 Å². The van der Waals surface area contributed by atoms with Gasteiger partial charge in [-0.1, -0.05) is 151 Å². The number of hydrogen-bond acceptors (Lipinski definition) is 0. The van der Waals surface area contributed by atoms with Crippen LogP contribution in [0.15, 0.2) is 97.1 Å². The molecule has 186 valence electrons. The number of benzene rings is 4. The molecule has 0 nitrogen and oxygen atoms in total. The molecular weight excluding hydrogens is 432 g/mol. The summed E-state index contributed by atoms with van der Waals surface area (Å²) < 4.78 is 0. The lowest BCUT2D eigenvalue weighted by atomic mass is 9.85. The van der Waals surface area contributed by atoms with Crippen LogP contribution in [0.3, 0.4) is 0 Å². The third-order valence-corrected chi connectivity index (χ3v) is 7.27. The van der Waals surface area contributed by atoms with E-state index in [1.165, 1.54) is 89.5 Å². The first-order valence-electron chi connectivity index (χ1n) is 13.9. The molecule has 0 unspecified atom stereocenters. The van der Waals surface area contributed by atoms with E-state index in [-0.39, 0.29) is 5.41 Å². The molecule has 0 saturated heterocycles. The summed E-state index contributed by atoms with van der Waals surface area (Å²) in [4.78, 5) is 0. The Hall–Kier alpha value is -3.12. The van der Waals surface area contributed by atoms with E-state index in [1.54, 1.807) is 0 Å². The molecule has 0 aliphatic carbocycles. The molecule has 4 rings (SSSR count). The normalized spacial score (nSPS) is 11.6. The molecule has 0 amide bonds. The average molecular weight is 475 g/mol. The maximum atomic E-state index is 2.36.